The van der Waals surface area contributed by atoms with Crippen LogP contribution in [0.4, 0.5) is 5.69 Å². The first-order valence-corrected chi connectivity index (χ1v) is 7.17. The Morgan fingerprint density at radius 3 is 2.47 bits per heavy atom. The summed E-state index contributed by atoms with van der Waals surface area (Å²) in [5.41, 5.74) is 6.96. The van der Waals surface area contributed by atoms with Crippen LogP contribution in [0.25, 0.3) is 0 Å². The van der Waals surface area contributed by atoms with E-state index in [1.807, 2.05) is 0 Å². The van der Waals surface area contributed by atoms with Crippen molar-refractivity contribution in [2.75, 3.05) is 5.32 Å². The van der Waals surface area contributed by atoms with E-state index in [4.69, 9.17) is 0 Å². The number of anilines is 1. The summed E-state index contributed by atoms with van der Waals surface area (Å²) in [7, 11) is 0. The predicted molar refractivity (Wildman–Crippen MR) is 81.7 cm³/mol. The highest BCUT2D eigenvalue weighted by molar-refractivity contribution is 5.51. The highest BCUT2D eigenvalue weighted by atomic mass is 14.9. The van der Waals surface area contributed by atoms with Gasteiger partial charge in [0.05, 0.1) is 0 Å². The molecule has 1 aliphatic rings. The Labute approximate surface area is 115 Å². The fraction of sp³-hybridized carbons (Fsp3) is 0.333. The molecule has 0 spiro atoms. The average Bonchev–Trinajstić information content (AvgIpc) is 2.87. The third-order valence-corrected chi connectivity index (χ3v) is 4.06. The SMILES string of the molecule is Cc1ccc(C(C)Nc2ccc3c(c2)CCC3)cc1. The lowest BCUT2D eigenvalue weighted by atomic mass is 10.1. The van der Waals surface area contributed by atoms with Crippen LogP contribution in [0, 0.1) is 6.92 Å². The van der Waals surface area contributed by atoms with Gasteiger partial charge in [0.1, 0.15) is 0 Å². The summed E-state index contributed by atoms with van der Waals surface area (Å²) in [5.74, 6) is 0. The first-order valence-electron chi connectivity index (χ1n) is 7.17. The van der Waals surface area contributed by atoms with Crippen molar-refractivity contribution in [3.63, 3.8) is 0 Å². The predicted octanol–water partition coefficient (Wildman–Crippen LogP) is 4.66. The Balaban J connectivity index is 1.75. The van der Waals surface area contributed by atoms with Crippen molar-refractivity contribution >= 4 is 5.69 Å². The molecule has 0 saturated heterocycles. The van der Waals surface area contributed by atoms with E-state index in [1.165, 1.54) is 47.2 Å². The molecule has 1 atom stereocenters. The van der Waals surface area contributed by atoms with Gasteiger partial charge >= 0.3 is 0 Å². The van der Waals surface area contributed by atoms with E-state index in [-0.39, 0.29) is 0 Å². The minimum Gasteiger partial charge on any atom is -0.379 e. The lowest BCUT2D eigenvalue weighted by molar-refractivity contribution is 0.883. The molecular formula is C18H21N. The lowest BCUT2D eigenvalue weighted by Crippen LogP contribution is -2.06. The van der Waals surface area contributed by atoms with Crippen LogP contribution in [0.2, 0.25) is 0 Å². The summed E-state index contributed by atoms with van der Waals surface area (Å²) in [5, 5.41) is 3.61. The molecule has 0 amide bonds. The topological polar surface area (TPSA) is 12.0 Å². The van der Waals surface area contributed by atoms with Crippen molar-refractivity contribution in [3.05, 3.63) is 64.7 Å². The first kappa shape index (κ1) is 12.3. The third kappa shape index (κ3) is 2.65. The Kier molecular flexibility index (Phi) is 3.29. The number of rotatable bonds is 3. The molecule has 0 bridgehead atoms. The van der Waals surface area contributed by atoms with Gasteiger partial charge in [0.2, 0.25) is 0 Å². The van der Waals surface area contributed by atoms with Crippen molar-refractivity contribution in [2.24, 2.45) is 0 Å². The molecule has 0 fully saturated rings. The maximum absolute atomic E-state index is 3.61. The van der Waals surface area contributed by atoms with Crippen LogP contribution in [0.3, 0.4) is 0 Å². The van der Waals surface area contributed by atoms with Crippen molar-refractivity contribution in [1.29, 1.82) is 0 Å². The van der Waals surface area contributed by atoms with Gasteiger partial charge < -0.3 is 5.32 Å². The van der Waals surface area contributed by atoms with Crippen LogP contribution >= 0.6 is 0 Å². The minimum atomic E-state index is 0.347. The molecule has 0 heterocycles. The van der Waals surface area contributed by atoms with Gasteiger partial charge in [0.25, 0.3) is 0 Å². The number of nitrogens with one attached hydrogen (secondary N) is 1. The van der Waals surface area contributed by atoms with Crippen molar-refractivity contribution < 1.29 is 0 Å². The fourth-order valence-corrected chi connectivity index (χ4v) is 2.85. The molecule has 1 heteroatoms. The molecule has 98 valence electrons. The van der Waals surface area contributed by atoms with Gasteiger partial charge in [-0.25, -0.2) is 0 Å². The number of aryl methyl sites for hydroxylation is 3. The summed E-state index contributed by atoms with van der Waals surface area (Å²) in [4.78, 5) is 0. The zero-order chi connectivity index (χ0) is 13.2. The molecule has 3 rings (SSSR count). The smallest absolute Gasteiger partial charge is 0.0485 e. The van der Waals surface area contributed by atoms with E-state index >= 15 is 0 Å². The molecule has 19 heavy (non-hydrogen) atoms. The molecule has 2 aromatic carbocycles. The highest BCUT2D eigenvalue weighted by Crippen LogP contribution is 2.27. The maximum atomic E-state index is 3.61. The van der Waals surface area contributed by atoms with Crippen LogP contribution in [0.1, 0.15) is 41.6 Å². The monoisotopic (exact) mass is 251 g/mol. The summed E-state index contributed by atoms with van der Waals surface area (Å²) in [6.45, 7) is 4.35. The summed E-state index contributed by atoms with van der Waals surface area (Å²) < 4.78 is 0. The van der Waals surface area contributed by atoms with E-state index in [1.54, 1.807) is 0 Å². The van der Waals surface area contributed by atoms with E-state index in [2.05, 4.69) is 61.6 Å². The zero-order valence-corrected chi connectivity index (χ0v) is 11.7. The number of hydrogen-bond acceptors (Lipinski definition) is 1. The summed E-state index contributed by atoms with van der Waals surface area (Å²) >= 11 is 0. The second-order valence-electron chi connectivity index (χ2n) is 5.61. The van der Waals surface area contributed by atoms with E-state index in [0.29, 0.717) is 6.04 Å². The highest BCUT2D eigenvalue weighted by Gasteiger charge is 2.12. The summed E-state index contributed by atoms with van der Waals surface area (Å²) in [6, 6.07) is 15.9. The molecule has 1 aliphatic carbocycles. The van der Waals surface area contributed by atoms with Crippen LogP contribution in [-0.4, -0.2) is 0 Å². The molecule has 0 aromatic heterocycles. The lowest BCUT2D eigenvalue weighted by Gasteiger charge is -2.17. The molecule has 1 unspecified atom stereocenters. The molecule has 1 N–H and O–H groups in total. The Hall–Kier alpha value is -1.76. The number of hydrogen-bond donors (Lipinski definition) is 1. The van der Waals surface area contributed by atoms with Crippen molar-refractivity contribution in [2.45, 2.75) is 39.2 Å². The normalized spacial score (nSPS) is 15.1. The quantitative estimate of drug-likeness (QED) is 0.836. The van der Waals surface area contributed by atoms with Crippen LogP contribution in [-0.2, 0) is 12.8 Å². The third-order valence-electron chi connectivity index (χ3n) is 4.06. The van der Waals surface area contributed by atoms with Gasteiger partial charge in [-0.3, -0.25) is 0 Å². The molecule has 2 aromatic rings. The Bertz CT molecular complexity index is 569. The van der Waals surface area contributed by atoms with Crippen LogP contribution in [0.5, 0.6) is 0 Å². The van der Waals surface area contributed by atoms with Gasteiger partial charge in [0, 0.05) is 11.7 Å². The van der Waals surface area contributed by atoms with Crippen LogP contribution in [0.15, 0.2) is 42.5 Å². The Morgan fingerprint density at radius 2 is 1.68 bits per heavy atom. The second-order valence-corrected chi connectivity index (χ2v) is 5.61. The van der Waals surface area contributed by atoms with Crippen molar-refractivity contribution in [1.82, 2.24) is 0 Å². The minimum absolute atomic E-state index is 0.347. The fourth-order valence-electron chi connectivity index (χ4n) is 2.85. The van der Waals surface area contributed by atoms with Gasteiger partial charge in [0.15, 0.2) is 0 Å². The Morgan fingerprint density at radius 1 is 0.947 bits per heavy atom. The van der Waals surface area contributed by atoms with Gasteiger partial charge in [-0.05, 0) is 61.9 Å². The summed E-state index contributed by atoms with van der Waals surface area (Å²) in [6.07, 6.45) is 3.80. The molecule has 0 radical (unpaired) electrons. The second kappa shape index (κ2) is 5.08. The van der Waals surface area contributed by atoms with Crippen LogP contribution < -0.4 is 5.32 Å². The standard InChI is InChI=1S/C18H21N/c1-13-6-8-15(9-7-13)14(2)19-18-11-10-16-4-3-5-17(16)12-18/h6-12,14,19H,3-5H2,1-2H3. The molecular weight excluding hydrogens is 230 g/mol. The largest absolute Gasteiger partial charge is 0.379 e. The molecule has 1 nitrogen and oxygen atoms in total. The van der Waals surface area contributed by atoms with Crippen molar-refractivity contribution in [3.8, 4) is 0 Å². The van der Waals surface area contributed by atoms with Gasteiger partial charge in [-0.15, -0.1) is 0 Å². The van der Waals surface area contributed by atoms with Gasteiger partial charge in [-0.1, -0.05) is 35.9 Å². The van der Waals surface area contributed by atoms with E-state index in [9.17, 15) is 0 Å². The number of benzene rings is 2. The maximum Gasteiger partial charge on any atom is 0.0485 e. The zero-order valence-electron chi connectivity index (χ0n) is 11.7. The van der Waals surface area contributed by atoms with E-state index in [0.717, 1.165) is 0 Å². The first-order chi connectivity index (χ1) is 9.22. The molecule has 0 aliphatic heterocycles. The number of fused-ring (bicyclic) bond motifs is 1. The van der Waals surface area contributed by atoms with E-state index < -0.39 is 0 Å². The van der Waals surface area contributed by atoms with Gasteiger partial charge in [-0.2, -0.15) is 0 Å². The molecule has 0 saturated carbocycles. The average molecular weight is 251 g/mol.